The van der Waals surface area contributed by atoms with Gasteiger partial charge in [0, 0.05) is 41.0 Å². The molecule has 12 heteroatoms. The van der Waals surface area contributed by atoms with E-state index < -0.39 is 41.0 Å². The van der Waals surface area contributed by atoms with Crippen molar-refractivity contribution >= 4 is 52.0 Å². The van der Waals surface area contributed by atoms with Crippen LogP contribution in [0.15, 0.2) is 48.8 Å². The molecule has 0 radical (unpaired) electrons. The number of benzene rings is 2. The summed E-state index contributed by atoms with van der Waals surface area (Å²) < 4.78 is 27.9. The molecular weight excluding hydrogens is 629 g/mol. The molecule has 0 unspecified atom stereocenters. The largest absolute Gasteiger partial charge is 0.444 e. The zero-order valence-electron chi connectivity index (χ0n) is 28.6. The molecule has 4 aromatic rings. The number of imide groups is 1. The number of fused-ring (bicyclic) bond motifs is 3. The van der Waals surface area contributed by atoms with Crippen LogP contribution in [0.3, 0.4) is 0 Å². The van der Waals surface area contributed by atoms with E-state index in [4.69, 9.17) is 9.47 Å². The van der Waals surface area contributed by atoms with Crippen LogP contribution >= 0.6 is 0 Å². The maximum Gasteiger partial charge on any atom is 0.414 e. The molecule has 1 N–H and O–H groups in total. The number of hydrogen-bond donors (Lipinski definition) is 1. The van der Waals surface area contributed by atoms with Crippen molar-refractivity contribution in [1.29, 1.82) is 0 Å². The van der Waals surface area contributed by atoms with Gasteiger partial charge in [0.25, 0.3) is 5.91 Å². The third-order valence-electron chi connectivity index (χ3n) is 8.19. The molecule has 2 aliphatic heterocycles. The minimum Gasteiger partial charge on any atom is -0.444 e. The zero-order valence-corrected chi connectivity index (χ0v) is 28.6. The molecule has 0 saturated heterocycles. The van der Waals surface area contributed by atoms with Crippen LogP contribution in [0.2, 0.25) is 0 Å². The fourth-order valence-corrected chi connectivity index (χ4v) is 6.17. The lowest BCUT2D eigenvalue weighted by molar-refractivity contribution is -0.117. The summed E-state index contributed by atoms with van der Waals surface area (Å²) >= 11 is 0. The van der Waals surface area contributed by atoms with Crippen molar-refractivity contribution in [2.45, 2.75) is 78.9 Å². The third kappa shape index (κ3) is 6.55. The number of aryl methyl sites for hydroxylation is 1. The van der Waals surface area contributed by atoms with Crippen LogP contribution < -0.4 is 15.1 Å². The number of aromatic nitrogens is 2. The summed E-state index contributed by atoms with van der Waals surface area (Å²) in [5.41, 5.74) is 1.46. The van der Waals surface area contributed by atoms with E-state index in [9.17, 15) is 19.2 Å². The van der Waals surface area contributed by atoms with Gasteiger partial charge in [0.15, 0.2) is 5.82 Å². The minimum absolute atomic E-state index is 0.00981. The van der Waals surface area contributed by atoms with Gasteiger partial charge in [0.2, 0.25) is 5.91 Å². The maximum absolute atomic E-state index is 16.8. The molecule has 2 aromatic carbocycles. The first-order valence-corrected chi connectivity index (χ1v) is 16.1. The Morgan fingerprint density at radius 3 is 2.35 bits per heavy atom. The van der Waals surface area contributed by atoms with Crippen LogP contribution in [0.5, 0.6) is 0 Å². The number of pyridine rings is 2. The molecule has 0 fully saturated rings. The first kappa shape index (κ1) is 33.5. The van der Waals surface area contributed by atoms with Crippen LogP contribution in [0.4, 0.5) is 31.2 Å². The Hall–Kier alpha value is -5.39. The number of hydrogen-bond acceptors (Lipinski definition) is 8. The highest BCUT2D eigenvalue weighted by molar-refractivity contribution is 6.24. The van der Waals surface area contributed by atoms with E-state index in [1.807, 2.05) is 0 Å². The van der Waals surface area contributed by atoms with Gasteiger partial charge in [-0.05, 0) is 96.0 Å². The van der Waals surface area contributed by atoms with Crippen molar-refractivity contribution in [3.63, 3.8) is 0 Å². The number of amides is 4. The molecule has 0 spiro atoms. The van der Waals surface area contributed by atoms with Crippen molar-refractivity contribution in [2.75, 3.05) is 21.7 Å². The summed E-state index contributed by atoms with van der Waals surface area (Å²) in [6, 6.07) is 9.94. The summed E-state index contributed by atoms with van der Waals surface area (Å²) in [4.78, 5) is 64.6. The summed E-state index contributed by atoms with van der Waals surface area (Å²) in [7, 11) is 0. The standard InChI is InChI=1S/C37H38FN5O6/c1-20-25(18-39-27-13-10-14-42(32(20)27)35(47)49-37(5,6)7)24-15-22-16-28(43-29(44)17-21-11-8-9-12-23(21)33(43)45)40-19-26(22)31(30(24)38)41-34(46)48-36(2,3)4/h8-9,11-12,15-16,18-19H,10,13-14,17H2,1-7H3,(H,41,46). The average Bonchev–Trinajstić information content (AvgIpc) is 3.00. The number of anilines is 3. The first-order chi connectivity index (χ1) is 23.0. The van der Waals surface area contributed by atoms with Crippen molar-refractivity contribution < 1.29 is 33.0 Å². The number of nitrogens with one attached hydrogen (secondary N) is 1. The second-order valence-electron chi connectivity index (χ2n) is 14.2. The monoisotopic (exact) mass is 667 g/mol. The van der Waals surface area contributed by atoms with Crippen molar-refractivity contribution in [1.82, 2.24) is 9.97 Å². The SMILES string of the molecule is Cc1c(-c2cc3cc(N4C(=O)Cc5ccccc5C4=O)ncc3c(NC(=O)OC(C)(C)C)c2F)cnc2c1N(C(=O)OC(C)(C)C)CCC2. The van der Waals surface area contributed by atoms with Gasteiger partial charge in [0.1, 0.15) is 17.0 Å². The zero-order chi connectivity index (χ0) is 35.4. The van der Waals surface area contributed by atoms with E-state index in [2.05, 4.69) is 15.3 Å². The molecule has 49 heavy (non-hydrogen) atoms. The van der Waals surface area contributed by atoms with Crippen LogP contribution in [0, 0.1) is 12.7 Å². The van der Waals surface area contributed by atoms with Gasteiger partial charge in [-0.25, -0.2) is 23.9 Å². The highest BCUT2D eigenvalue weighted by Crippen LogP contribution is 2.41. The van der Waals surface area contributed by atoms with Gasteiger partial charge in [-0.2, -0.15) is 0 Å². The average molecular weight is 668 g/mol. The molecule has 2 aromatic heterocycles. The fourth-order valence-electron chi connectivity index (χ4n) is 6.17. The van der Waals surface area contributed by atoms with E-state index in [1.165, 1.54) is 17.2 Å². The van der Waals surface area contributed by atoms with Crippen LogP contribution in [-0.2, 0) is 27.1 Å². The van der Waals surface area contributed by atoms with Crippen molar-refractivity contribution in [2.24, 2.45) is 0 Å². The molecule has 254 valence electrons. The number of carbonyl (C=O) groups is 4. The van der Waals surface area contributed by atoms with Gasteiger partial charge in [-0.15, -0.1) is 0 Å². The Morgan fingerprint density at radius 2 is 1.63 bits per heavy atom. The number of rotatable bonds is 3. The quantitative estimate of drug-likeness (QED) is 0.222. The highest BCUT2D eigenvalue weighted by Gasteiger charge is 2.34. The Bertz CT molecular complexity index is 2050. The normalized spacial score (nSPS) is 14.8. The van der Waals surface area contributed by atoms with Crippen molar-refractivity contribution in [3.05, 3.63) is 77.0 Å². The third-order valence-corrected chi connectivity index (χ3v) is 8.19. The lowest BCUT2D eigenvalue weighted by Crippen LogP contribution is -2.42. The number of nitrogens with zero attached hydrogens (tertiary/aromatic N) is 4. The predicted molar refractivity (Wildman–Crippen MR) is 183 cm³/mol. The Morgan fingerprint density at radius 1 is 0.918 bits per heavy atom. The van der Waals surface area contributed by atoms with Crippen LogP contribution in [-0.4, -0.2) is 51.7 Å². The maximum atomic E-state index is 16.8. The minimum atomic E-state index is -0.886. The van der Waals surface area contributed by atoms with E-state index in [-0.39, 0.29) is 28.9 Å². The molecule has 0 saturated carbocycles. The number of carbonyl (C=O) groups excluding carboxylic acids is 4. The summed E-state index contributed by atoms with van der Waals surface area (Å²) in [5.74, 6) is -1.71. The first-order valence-electron chi connectivity index (χ1n) is 16.1. The van der Waals surface area contributed by atoms with Crippen molar-refractivity contribution in [3.8, 4) is 11.1 Å². The molecule has 0 atom stereocenters. The van der Waals surface area contributed by atoms with E-state index in [0.717, 1.165) is 4.90 Å². The van der Waals surface area contributed by atoms with Crippen LogP contribution in [0.25, 0.3) is 21.9 Å². The molecule has 4 amide bonds. The van der Waals surface area contributed by atoms with Gasteiger partial charge in [-0.3, -0.25) is 24.8 Å². The van der Waals surface area contributed by atoms with Crippen LogP contribution in [0.1, 0.15) is 75.1 Å². The summed E-state index contributed by atoms with van der Waals surface area (Å²) in [6.45, 7) is 12.6. The second kappa shape index (κ2) is 12.2. The fraction of sp³-hybridized carbons (Fsp3) is 0.351. The van der Waals surface area contributed by atoms with Gasteiger partial charge < -0.3 is 9.47 Å². The molecule has 4 heterocycles. The van der Waals surface area contributed by atoms with E-state index in [1.54, 1.807) is 85.0 Å². The van der Waals surface area contributed by atoms with E-state index in [0.29, 0.717) is 58.4 Å². The Balaban J connectivity index is 1.52. The smallest absolute Gasteiger partial charge is 0.414 e. The Kier molecular flexibility index (Phi) is 8.38. The Labute approximate surface area is 283 Å². The second-order valence-corrected chi connectivity index (χ2v) is 14.2. The molecule has 0 bridgehead atoms. The van der Waals surface area contributed by atoms with Gasteiger partial charge >= 0.3 is 12.2 Å². The molecule has 0 aliphatic carbocycles. The number of halogens is 1. The lowest BCUT2D eigenvalue weighted by Gasteiger charge is -2.33. The molecular formula is C37H38FN5O6. The number of ether oxygens (including phenoxy) is 2. The summed E-state index contributed by atoms with van der Waals surface area (Å²) in [5, 5.41) is 3.15. The highest BCUT2D eigenvalue weighted by atomic mass is 19.1. The molecule has 6 rings (SSSR count). The summed E-state index contributed by atoms with van der Waals surface area (Å²) in [6.07, 6.45) is 2.75. The van der Waals surface area contributed by atoms with Gasteiger partial charge in [-0.1, -0.05) is 18.2 Å². The molecule has 11 nitrogen and oxygen atoms in total. The van der Waals surface area contributed by atoms with Gasteiger partial charge in [0.05, 0.1) is 23.5 Å². The lowest BCUT2D eigenvalue weighted by atomic mass is 9.94. The van der Waals surface area contributed by atoms with E-state index >= 15 is 4.39 Å². The predicted octanol–water partition coefficient (Wildman–Crippen LogP) is 7.51. The molecule has 2 aliphatic rings. The topological polar surface area (TPSA) is 131 Å².